The number of rotatable bonds is 5. The SMILES string of the molecule is Cc1cc(NC(=O)[C@H](C)N[C@@H](C)c2ccc(F)c(F)c2)no1. The van der Waals surface area contributed by atoms with Crippen LogP contribution in [0.1, 0.15) is 31.2 Å². The number of carbonyl (C=O) groups excluding carboxylic acids is 1. The predicted molar refractivity (Wildman–Crippen MR) is 77.2 cm³/mol. The van der Waals surface area contributed by atoms with Gasteiger partial charge in [-0.15, -0.1) is 0 Å². The van der Waals surface area contributed by atoms with Gasteiger partial charge in [-0.05, 0) is 38.5 Å². The van der Waals surface area contributed by atoms with Crippen LogP contribution in [-0.2, 0) is 4.79 Å². The number of aryl methyl sites for hydroxylation is 1. The quantitative estimate of drug-likeness (QED) is 0.891. The second kappa shape index (κ2) is 6.65. The van der Waals surface area contributed by atoms with Crippen LogP contribution in [0, 0.1) is 18.6 Å². The van der Waals surface area contributed by atoms with Crippen LogP contribution in [0.2, 0.25) is 0 Å². The van der Waals surface area contributed by atoms with Crippen molar-refractivity contribution in [2.24, 2.45) is 0 Å². The summed E-state index contributed by atoms with van der Waals surface area (Å²) < 4.78 is 31.0. The maximum absolute atomic E-state index is 13.2. The van der Waals surface area contributed by atoms with Gasteiger partial charge in [0.25, 0.3) is 0 Å². The van der Waals surface area contributed by atoms with Crippen LogP contribution in [0.3, 0.4) is 0 Å². The molecule has 0 spiro atoms. The lowest BCUT2D eigenvalue weighted by Crippen LogP contribution is -2.39. The third kappa shape index (κ3) is 3.88. The number of aromatic nitrogens is 1. The molecule has 1 amide bonds. The lowest BCUT2D eigenvalue weighted by Gasteiger charge is -2.19. The van der Waals surface area contributed by atoms with E-state index in [1.165, 1.54) is 6.07 Å². The molecule has 0 bridgehead atoms. The first-order chi connectivity index (χ1) is 10.4. The molecule has 0 radical (unpaired) electrons. The summed E-state index contributed by atoms with van der Waals surface area (Å²) in [7, 11) is 0. The molecular weight excluding hydrogens is 292 g/mol. The molecule has 5 nitrogen and oxygen atoms in total. The molecule has 0 aliphatic heterocycles. The zero-order chi connectivity index (χ0) is 16.3. The van der Waals surface area contributed by atoms with E-state index in [9.17, 15) is 13.6 Å². The third-order valence-corrected chi connectivity index (χ3v) is 3.22. The van der Waals surface area contributed by atoms with Gasteiger partial charge in [0.1, 0.15) is 5.76 Å². The Bertz CT molecular complexity index is 673. The summed E-state index contributed by atoms with van der Waals surface area (Å²) >= 11 is 0. The van der Waals surface area contributed by atoms with Gasteiger partial charge in [-0.3, -0.25) is 10.1 Å². The normalized spacial score (nSPS) is 13.7. The Labute approximate surface area is 126 Å². The first-order valence-electron chi connectivity index (χ1n) is 6.82. The third-order valence-electron chi connectivity index (χ3n) is 3.22. The molecule has 1 heterocycles. The molecule has 2 aromatic rings. The fraction of sp³-hybridized carbons (Fsp3) is 0.333. The van der Waals surface area contributed by atoms with E-state index in [-0.39, 0.29) is 11.9 Å². The maximum Gasteiger partial charge on any atom is 0.242 e. The summed E-state index contributed by atoms with van der Waals surface area (Å²) in [5, 5.41) is 9.28. The van der Waals surface area contributed by atoms with Crippen molar-refractivity contribution < 1.29 is 18.1 Å². The topological polar surface area (TPSA) is 67.2 Å². The van der Waals surface area contributed by atoms with Gasteiger partial charge < -0.3 is 9.84 Å². The van der Waals surface area contributed by atoms with Crippen molar-refractivity contribution in [1.29, 1.82) is 0 Å². The van der Waals surface area contributed by atoms with Crippen molar-refractivity contribution in [2.75, 3.05) is 5.32 Å². The van der Waals surface area contributed by atoms with Gasteiger partial charge in [0, 0.05) is 12.1 Å². The van der Waals surface area contributed by atoms with E-state index in [1.807, 2.05) is 0 Å². The molecule has 0 unspecified atom stereocenters. The number of carbonyl (C=O) groups is 1. The van der Waals surface area contributed by atoms with E-state index in [2.05, 4.69) is 15.8 Å². The van der Waals surface area contributed by atoms with E-state index in [4.69, 9.17) is 4.52 Å². The Morgan fingerprint density at radius 3 is 2.55 bits per heavy atom. The minimum absolute atomic E-state index is 0.303. The van der Waals surface area contributed by atoms with Crippen LogP contribution < -0.4 is 10.6 Å². The highest BCUT2D eigenvalue weighted by atomic mass is 19.2. The number of halogens is 2. The van der Waals surface area contributed by atoms with E-state index in [1.54, 1.807) is 26.8 Å². The molecule has 2 rings (SSSR count). The molecule has 118 valence electrons. The summed E-state index contributed by atoms with van der Waals surface area (Å²) in [6, 6.07) is 4.37. The van der Waals surface area contributed by atoms with Crippen molar-refractivity contribution in [1.82, 2.24) is 10.5 Å². The fourth-order valence-electron chi connectivity index (χ4n) is 1.99. The van der Waals surface area contributed by atoms with Crippen LogP contribution in [0.5, 0.6) is 0 Å². The molecule has 0 aliphatic carbocycles. The van der Waals surface area contributed by atoms with Gasteiger partial charge in [-0.25, -0.2) is 8.78 Å². The second-order valence-electron chi connectivity index (χ2n) is 5.10. The van der Waals surface area contributed by atoms with Crippen molar-refractivity contribution in [3.63, 3.8) is 0 Å². The minimum Gasteiger partial charge on any atom is -0.360 e. The maximum atomic E-state index is 13.2. The van der Waals surface area contributed by atoms with Crippen molar-refractivity contribution >= 4 is 11.7 Å². The predicted octanol–water partition coefficient (Wildman–Crippen LogP) is 2.94. The van der Waals surface area contributed by atoms with E-state index in [0.29, 0.717) is 17.1 Å². The van der Waals surface area contributed by atoms with E-state index >= 15 is 0 Å². The zero-order valence-corrected chi connectivity index (χ0v) is 12.5. The Hall–Kier alpha value is -2.28. The number of hydrogen-bond donors (Lipinski definition) is 2. The summed E-state index contributed by atoms with van der Waals surface area (Å²) in [6.45, 7) is 5.14. The highest BCUT2D eigenvalue weighted by molar-refractivity contribution is 5.93. The first-order valence-corrected chi connectivity index (χ1v) is 6.82. The average Bonchev–Trinajstić information content (AvgIpc) is 2.86. The van der Waals surface area contributed by atoms with Crippen molar-refractivity contribution in [2.45, 2.75) is 32.9 Å². The molecule has 1 aromatic carbocycles. The van der Waals surface area contributed by atoms with Gasteiger partial charge in [-0.1, -0.05) is 11.2 Å². The smallest absolute Gasteiger partial charge is 0.242 e. The van der Waals surface area contributed by atoms with Gasteiger partial charge in [-0.2, -0.15) is 0 Å². The van der Waals surface area contributed by atoms with E-state index in [0.717, 1.165) is 12.1 Å². The van der Waals surface area contributed by atoms with Gasteiger partial charge in [0.15, 0.2) is 17.5 Å². The summed E-state index contributed by atoms with van der Waals surface area (Å²) in [6.07, 6.45) is 0. The largest absolute Gasteiger partial charge is 0.360 e. The second-order valence-corrected chi connectivity index (χ2v) is 5.10. The summed E-state index contributed by atoms with van der Waals surface area (Å²) in [5.41, 5.74) is 0.552. The van der Waals surface area contributed by atoms with Gasteiger partial charge in [0.05, 0.1) is 6.04 Å². The van der Waals surface area contributed by atoms with Gasteiger partial charge >= 0.3 is 0 Å². The summed E-state index contributed by atoms with van der Waals surface area (Å²) in [4.78, 5) is 12.0. The zero-order valence-electron chi connectivity index (χ0n) is 12.5. The highest BCUT2D eigenvalue weighted by Crippen LogP contribution is 2.17. The lowest BCUT2D eigenvalue weighted by atomic mass is 10.1. The van der Waals surface area contributed by atoms with Gasteiger partial charge in [0.2, 0.25) is 5.91 Å². The van der Waals surface area contributed by atoms with Crippen molar-refractivity contribution in [3.8, 4) is 0 Å². The van der Waals surface area contributed by atoms with Crippen LogP contribution >= 0.6 is 0 Å². The number of hydrogen-bond acceptors (Lipinski definition) is 4. The Balaban J connectivity index is 1.96. The first kappa shape index (κ1) is 16.1. The Kier molecular flexibility index (Phi) is 4.87. The fourth-order valence-corrected chi connectivity index (χ4v) is 1.99. The van der Waals surface area contributed by atoms with Crippen LogP contribution in [0.15, 0.2) is 28.8 Å². The molecule has 0 saturated carbocycles. The molecular formula is C15H17F2N3O2. The molecule has 0 fully saturated rings. The van der Waals surface area contributed by atoms with Crippen molar-refractivity contribution in [3.05, 3.63) is 47.2 Å². The molecule has 22 heavy (non-hydrogen) atoms. The molecule has 0 aliphatic rings. The number of anilines is 1. The highest BCUT2D eigenvalue weighted by Gasteiger charge is 2.18. The van der Waals surface area contributed by atoms with Crippen LogP contribution in [0.4, 0.5) is 14.6 Å². The molecule has 2 N–H and O–H groups in total. The summed E-state index contributed by atoms with van der Waals surface area (Å²) in [5.74, 6) is -1.20. The average molecular weight is 309 g/mol. The molecule has 7 heteroatoms. The van der Waals surface area contributed by atoms with Crippen LogP contribution in [0.25, 0.3) is 0 Å². The Morgan fingerprint density at radius 2 is 1.95 bits per heavy atom. The Morgan fingerprint density at radius 1 is 1.23 bits per heavy atom. The lowest BCUT2D eigenvalue weighted by molar-refractivity contribution is -0.118. The number of nitrogens with zero attached hydrogens (tertiary/aromatic N) is 1. The number of nitrogens with one attached hydrogen (secondary N) is 2. The van der Waals surface area contributed by atoms with Crippen LogP contribution in [-0.4, -0.2) is 17.1 Å². The number of amides is 1. The molecule has 0 saturated heterocycles. The molecule has 2 atom stereocenters. The minimum atomic E-state index is -0.915. The standard InChI is InChI=1S/C15H17F2N3O2/c1-8-6-14(20-22-8)19-15(21)10(3)18-9(2)11-4-5-12(16)13(17)7-11/h4-7,9-10,18H,1-3H3,(H,19,20,21)/t9-,10-/m0/s1. The monoisotopic (exact) mass is 309 g/mol. The van der Waals surface area contributed by atoms with E-state index < -0.39 is 17.7 Å². The molecule has 1 aromatic heterocycles. The number of benzene rings is 1.